The third-order valence-corrected chi connectivity index (χ3v) is 6.07. The van der Waals surface area contributed by atoms with Crippen LogP contribution in [-0.2, 0) is 20.8 Å². The monoisotopic (exact) mass is 491 g/mol. The summed E-state index contributed by atoms with van der Waals surface area (Å²) in [5.74, 6) is -1.72. The van der Waals surface area contributed by atoms with Gasteiger partial charge in [-0.25, -0.2) is 4.79 Å². The summed E-state index contributed by atoms with van der Waals surface area (Å²) in [7, 11) is 1.56. The highest BCUT2D eigenvalue weighted by atomic mass is 35.5. The Hall–Kier alpha value is -4.04. The van der Waals surface area contributed by atoms with Gasteiger partial charge in [-0.15, -0.1) is 4.90 Å². The molecule has 0 saturated heterocycles. The SMILES string of the molecule is CNC(=O)Cc1ccc(N2C(=O)C3C=CC=CC3=[N+](CC(=O)Nc3ccc(C)cc3Cl)C2=O)cc1. The molecule has 2 N–H and O–H groups in total. The van der Waals surface area contributed by atoms with Crippen molar-refractivity contribution in [3.63, 3.8) is 0 Å². The van der Waals surface area contributed by atoms with E-state index >= 15 is 0 Å². The van der Waals surface area contributed by atoms with Gasteiger partial charge in [-0.05, 0) is 48.4 Å². The first-order valence-corrected chi connectivity index (χ1v) is 11.4. The fraction of sp³-hybridized carbons (Fsp3) is 0.192. The van der Waals surface area contributed by atoms with Gasteiger partial charge in [-0.1, -0.05) is 48.0 Å². The second-order valence-electron chi connectivity index (χ2n) is 8.24. The Bertz CT molecular complexity index is 1310. The second-order valence-corrected chi connectivity index (χ2v) is 8.64. The van der Waals surface area contributed by atoms with Crippen LogP contribution in [-0.4, -0.2) is 47.6 Å². The topological polar surface area (TPSA) is 98.6 Å². The molecule has 1 atom stereocenters. The third kappa shape index (κ3) is 5.07. The van der Waals surface area contributed by atoms with E-state index in [-0.39, 0.29) is 18.9 Å². The van der Waals surface area contributed by atoms with Gasteiger partial charge in [0, 0.05) is 7.05 Å². The molecule has 1 aliphatic carbocycles. The summed E-state index contributed by atoms with van der Waals surface area (Å²) in [4.78, 5) is 52.3. The standard InChI is InChI=1S/C26H23ClN4O4/c1-16-7-12-21(20(27)13-16)29-24(33)15-30-22-6-4-3-5-19(22)25(34)31(26(30)35)18-10-8-17(9-11-18)14-23(32)28-2/h3-13,19H,14-15H2,1-2H3,(H-,28,29,32,33)/p+1. The van der Waals surface area contributed by atoms with E-state index in [1.807, 2.05) is 13.0 Å². The molecule has 2 aromatic rings. The molecule has 0 spiro atoms. The molecule has 1 heterocycles. The van der Waals surface area contributed by atoms with Gasteiger partial charge < -0.3 is 10.6 Å². The molecule has 5 amide bonds. The molecule has 0 fully saturated rings. The Morgan fingerprint density at radius 1 is 1.06 bits per heavy atom. The highest BCUT2D eigenvalue weighted by Crippen LogP contribution is 2.26. The first-order chi connectivity index (χ1) is 16.8. The molecular weight excluding hydrogens is 468 g/mol. The van der Waals surface area contributed by atoms with E-state index in [0.29, 0.717) is 22.1 Å². The van der Waals surface area contributed by atoms with Crippen LogP contribution < -0.4 is 15.5 Å². The van der Waals surface area contributed by atoms with Crippen LogP contribution in [0.1, 0.15) is 11.1 Å². The molecule has 0 saturated carbocycles. The van der Waals surface area contributed by atoms with Gasteiger partial charge in [0.25, 0.3) is 5.91 Å². The van der Waals surface area contributed by atoms with Gasteiger partial charge in [0.2, 0.25) is 5.91 Å². The van der Waals surface area contributed by atoms with Gasteiger partial charge in [-0.3, -0.25) is 9.59 Å². The first-order valence-electron chi connectivity index (χ1n) is 11.0. The lowest BCUT2D eigenvalue weighted by Gasteiger charge is -2.26. The van der Waals surface area contributed by atoms with E-state index in [2.05, 4.69) is 10.6 Å². The Kier molecular flexibility index (Phi) is 6.93. The number of hydrogen-bond donors (Lipinski definition) is 2. The predicted molar refractivity (Wildman–Crippen MR) is 134 cm³/mol. The molecule has 0 bridgehead atoms. The number of aryl methyl sites for hydroxylation is 1. The van der Waals surface area contributed by atoms with E-state index in [1.54, 1.807) is 67.7 Å². The van der Waals surface area contributed by atoms with Gasteiger partial charge in [0.05, 0.1) is 17.1 Å². The first kappa shape index (κ1) is 24.1. The summed E-state index contributed by atoms with van der Waals surface area (Å²) in [5.41, 5.74) is 2.91. The normalized spacial score (nSPS) is 16.9. The largest absolute Gasteiger partial charge is 0.506 e. The lowest BCUT2D eigenvalue weighted by molar-refractivity contribution is -0.416. The number of likely N-dealkylation sites (N-methyl/N-ethyl adjacent to an activating group) is 1. The number of halogens is 1. The smallest absolute Gasteiger partial charge is 0.359 e. The minimum Gasteiger partial charge on any atom is -0.359 e. The zero-order valence-corrected chi connectivity index (χ0v) is 20.0. The number of benzene rings is 2. The zero-order valence-electron chi connectivity index (χ0n) is 19.2. The average Bonchev–Trinajstić information content (AvgIpc) is 2.84. The van der Waals surface area contributed by atoms with Crippen LogP contribution in [0.2, 0.25) is 5.02 Å². The summed E-state index contributed by atoms with van der Waals surface area (Å²) >= 11 is 6.23. The fourth-order valence-corrected chi connectivity index (χ4v) is 4.23. The number of rotatable bonds is 6. The van der Waals surface area contributed by atoms with Crippen LogP contribution in [0.15, 0.2) is 66.8 Å². The van der Waals surface area contributed by atoms with E-state index in [9.17, 15) is 19.2 Å². The van der Waals surface area contributed by atoms with Crippen molar-refractivity contribution in [3.05, 3.63) is 82.9 Å². The third-order valence-electron chi connectivity index (χ3n) is 5.76. The fourth-order valence-electron chi connectivity index (χ4n) is 3.95. The van der Waals surface area contributed by atoms with E-state index < -0.39 is 23.8 Å². The number of carbonyl (C=O) groups excluding carboxylic acids is 4. The molecule has 9 heteroatoms. The van der Waals surface area contributed by atoms with Crippen molar-refractivity contribution in [3.8, 4) is 0 Å². The number of amides is 5. The van der Waals surface area contributed by atoms with Crippen LogP contribution >= 0.6 is 11.6 Å². The van der Waals surface area contributed by atoms with Gasteiger partial charge in [0.15, 0.2) is 6.54 Å². The molecule has 0 aromatic heterocycles. The van der Waals surface area contributed by atoms with Crippen molar-refractivity contribution < 1.29 is 23.8 Å². The van der Waals surface area contributed by atoms with Crippen LogP contribution in [0, 0.1) is 12.8 Å². The van der Waals surface area contributed by atoms with Gasteiger partial charge in [0.1, 0.15) is 17.3 Å². The summed E-state index contributed by atoms with van der Waals surface area (Å²) < 4.78 is 1.29. The van der Waals surface area contributed by atoms with Crippen molar-refractivity contribution in [2.45, 2.75) is 13.3 Å². The quantitative estimate of drug-likeness (QED) is 0.606. The number of nitrogens with zero attached hydrogens (tertiary/aromatic N) is 2. The van der Waals surface area contributed by atoms with E-state index in [1.165, 1.54) is 4.58 Å². The number of hydrogen-bond acceptors (Lipinski definition) is 4. The molecule has 1 aliphatic heterocycles. The number of anilines is 2. The number of fused-ring (bicyclic) bond motifs is 1. The zero-order chi connectivity index (χ0) is 25.1. The highest BCUT2D eigenvalue weighted by molar-refractivity contribution is 6.33. The van der Waals surface area contributed by atoms with Crippen molar-refractivity contribution in [1.82, 2.24) is 5.32 Å². The molecule has 8 nitrogen and oxygen atoms in total. The number of imide groups is 1. The van der Waals surface area contributed by atoms with E-state index in [0.717, 1.165) is 16.0 Å². The second kappa shape index (κ2) is 10.1. The minimum absolute atomic E-state index is 0.146. The molecule has 2 aromatic carbocycles. The number of urea groups is 1. The lowest BCUT2D eigenvalue weighted by atomic mass is 9.94. The molecule has 178 valence electrons. The van der Waals surface area contributed by atoms with Crippen molar-refractivity contribution in [1.29, 1.82) is 0 Å². The van der Waals surface area contributed by atoms with Crippen LogP contribution in [0.3, 0.4) is 0 Å². The van der Waals surface area contributed by atoms with Crippen LogP contribution in [0.25, 0.3) is 0 Å². The van der Waals surface area contributed by atoms with Crippen LogP contribution in [0.4, 0.5) is 16.2 Å². The van der Waals surface area contributed by atoms with Crippen molar-refractivity contribution in [2.24, 2.45) is 5.92 Å². The minimum atomic E-state index is -0.709. The summed E-state index contributed by atoms with van der Waals surface area (Å²) in [5, 5.41) is 5.68. The maximum Gasteiger partial charge on any atom is 0.506 e. The molecule has 4 rings (SSSR count). The summed E-state index contributed by atoms with van der Waals surface area (Å²) in [6, 6.07) is 11.2. The van der Waals surface area contributed by atoms with E-state index in [4.69, 9.17) is 11.6 Å². The summed E-state index contributed by atoms with van der Waals surface area (Å²) in [6.07, 6.45) is 6.99. The van der Waals surface area contributed by atoms with Crippen molar-refractivity contribution in [2.75, 3.05) is 23.8 Å². The lowest BCUT2D eigenvalue weighted by Crippen LogP contribution is -2.56. The van der Waals surface area contributed by atoms with Crippen LogP contribution in [0.5, 0.6) is 0 Å². The number of allylic oxidation sites excluding steroid dienone is 3. The molecule has 1 unspecified atom stereocenters. The Morgan fingerprint density at radius 2 is 1.80 bits per heavy atom. The highest BCUT2D eigenvalue weighted by Gasteiger charge is 2.48. The Labute approximate surface area is 207 Å². The van der Waals surface area contributed by atoms with Gasteiger partial charge in [-0.2, -0.15) is 9.37 Å². The number of nitrogens with one attached hydrogen (secondary N) is 2. The predicted octanol–water partition coefficient (Wildman–Crippen LogP) is 3.24. The molecule has 0 radical (unpaired) electrons. The Balaban J connectivity index is 1.62. The molecule has 35 heavy (non-hydrogen) atoms. The maximum atomic E-state index is 13.5. The van der Waals surface area contributed by atoms with Gasteiger partial charge >= 0.3 is 11.9 Å². The maximum absolute atomic E-state index is 13.5. The Morgan fingerprint density at radius 3 is 2.49 bits per heavy atom. The molecule has 2 aliphatic rings. The number of carbonyl (C=O) groups is 4. The summed E-state index contributed by atoms with van der Waals surface area (Å²) in [6.45, 7) is 1.59. The average molecular weight is 492 g/mol. The van der Waals surface area contributed by atoms with Crippen molar-refractivity contribution >= 4 is 52.4 Å². The molecular formula is C26H24ClN4O4+.